The number of esters is 1. The largest absolute Gasteiger partial charge is 0.461 e. The quantitative estimate of drug-likeness (QED) is 0.512. The average molecular weight is 316 g/mol. The lowest BCUT2D eigenvalue weighted by atomic mass is 9.46. The first-order valence-electron chi connectivity index (χ1n) is 9.38. The van der Waals surface area contributed by atoms with E-state index in [4.69, 9.17) is 4.74 Å². The predicted molar refractivity (Wildman–Crippen MR) is 94.0 cm³/mol. The van der Waals surface area contributed by atoms with Gasteiger partial charge in [-0.05, 0) is 73.2 Å². The Labute approximate surface area is 141 Å². The fourth-order valence-corrected chi connectivity index (χ4v) is 5.51. The van der Waals surface area contributed by atoms with Gasteiger partial charge in [0.05, 0.1) is 6.42 Å². The third kappa shape index (κ3) is 2.90. The standard InChI is InChI=1S/C21H32O2/c1-15-6-5-7-18-20(15,3)12-10-16(2)21(18,4)13-11-17-8-9-19(22)23-14-17/h8,16,18H,1,5-7,9-14H2,2-4H3. The number of allylic oxidation sites excluding steroid dienone is 1. The lowest BCUT2D eigenvalue weighted by Crippen LogP contribution is -2.50. The Morgan fingerprint density at radius 2 is 2.13 bits per heavy atom. The highest BCUT2D eigenvalue weighted by Crippen LogP contribution is 2.62. The minimum absolute atomic E-state index is 0.0813. The Morgan fingerprint density at radius 1 is 1.35 bits per heavy atom. The SMILES string of the molecule is C=C1CCCC2C1(C)CCC(C)C2(C)CCC1=CCC(=O)OC1. The average Bonchev–Trinajstić information content (AvgIpc) is 2.53. The highest BCUT2D eigenvalue weighted by Gasteiger charge is 2.53. The van der Waals surface area contributed by atoms with Gasteiger partial charge in [-0.15, -0.1) is 0 Å². The second-order valence-electron chi connectivity index (χ2n) is 8.64. The fraction of sp³-hybridized carbons (Fsp3) is 0.762. The molecule has 2 heteroatoms. The molecule has 4 atom stereocenters. The summed E-state index contributed by atoms with van der Waals surface area (Å²) < 4.78 is 5.21. The van der Waals surface area contributed by atoms with E-state index in [0.717, 1.165) is 18.3 Å². The smallest absolute Gasteiger partial charge is 0.309 e. The molecule has 0 saturated heterocycles. The van der Waals surface area contributed by atoms with Crippen molar-refractivity contribution in [1.82, 2.24) is 0 Å². The molecule has 0 aromatic carbocycles. The second-order valence-corrected chi connectivity index (χ2v) is 8.64. The van der Waals surface area contributed by atoms with Gasteiger partial charge in [0.15, 0.2) is 0 Å². The summed E-state index contributed by atoms with van der Waals surface area (Å²) in [5, 5.41) is 0. The molecule has 0 bridgehead atoms. The van der Waals surface area contributed by atoms with Crippen LogP contribution in [0.1, 0.15) is 72.1 Å². The van der Waals surface area contributed by atoms with Gasteiger partial charge in [-0.25, -0.2) is 0 Å². The molecule has 4 unspecified atom stereocenters. The summed E-state index contributed by atoms with van der Waals surface area (Å²) in [7, 11) is 0. The molecule has 0 aromatic heterocycles. The minimum atomic E-state index is -0.0813. The Balaban J connectivity index is 1.77. The van der Waals surface area contributed by atoms with Gasteiger partial charge in [0.25, 0.3) is 0 Å². The maximum Gasteiger partial charge on any atom is 0.309 e. The third-order valence-electron chi connectivity index (χ3n) is 7.53. The van der Waals surface area contributed by atoms with E-state index in [1.807, 2.05) is 0 Å². The number of hydrogen-bond donors (Lipinski definition) is 0. The minimum Gasteiger partial charge on any atom is -0.461 e. The van der Waals surface area contributed by atoms with Gasteiger partial charge in [0.1, 0.15) is 6.61 Å². The normalized spacial score (nSPS) is 41.1. The molecule has 1 aliphatic heterocycles. The molecule has 0 N–H and O–H groups in total. The van der Waals surface area contributed by atoms with Crippen molar-refractivity contribution in [2.45, 2.75) is 72.1 Å². The Hall–Kier alpha value is -1.05. The Bertz CT molecular complexity index is 532. The molecule has 0 amide bonds. The lowest BCUT2D eigenvalue weighted by Gasteiger charge is -2.59. The van der Waals surface area contributed by atoms with E-state index in [1.54, 1.807) is 0 Å². The zero-order valence-electron chi connectivity index (χ0n) is 15.1. The van der Waals surface area contributed by atoms with Crippen molar-refractivity contribution in [3.05, 3.63) is 23.8 Å². The van der Waals surface area contributed by atoms with E-state index < -0.39 is 0 Å². The second kappa shape index (κ2) is 6.11. The van der Waals surface area contributed by atoms with Gasteiger partial charge in [-0.1, -0.05) is 39.0 Å². The van der Waals surface area contributed by atoms with Crippen molar-refractivity contribution >= 4 is 5.97 Å². The van der Waals surface area contributed by atoms with Gasteiger partial charge < -0.3 is 4.74 Å². The summed E-state index contributed by atoms with van der Waals surface area (Å²) in [4.78, 5) is 11.2. The summed E-state index contributed by atoms with van der Waals surface area (Å²) >= 11 is 0. The zero-order valence-corrected chi connectivity index (χ0v) is 15.1. The summed E-state index contributed by atoms with van der Waals surface area (Å²) in [5.74, 6) is 1.44. The van der Waals surface area contributed by atoms with E-state index in [9.17, 15) is 4.79 Å². The van der Waals surface area contributed by atoms with Gasteiger partial charge in [-0.2, -0.15) is 0 Å². The van der Waals surface area contributed by atoms with Crippen LogP contribution in [0.25, 0.3) is 0 Å². The van der Waals surface area contributed by atoms with Gasteiger partial charge >= 0.3 is 5.97 Å². The maximum absolute atomic E-state index is 11.2. The van der Waals surface area contributed by atoms with E-state index in [0.29, 0.717) is 23.9 Å². The van der Waals surface area contributed by atoms with Crippen LogP contribution in [0.5, 0.6) is 0 Å². The molecule has 128 valence electrons. The van der Waals surface area contributed by atoms with Crippen LogP contribution in [0.3, 0.4) is 0 Å². The Morgan fingerprint density at radius 3 is 2.83 bits per heavy atom. The van der Waals surface area contributed by atoms with Crippen molar-refractivity contribution in [2.75, 3.05) is 6.61 Å². The lowest BCUT2D eigenvalue weighted by molar-refractivity contribution is -0.142. The van der Waals surface area contributed by atoms with Crippen LogP contribution in [0, 0.1) is 22.7 Å². The first-order valence-corrected chi connectivity index (χ1v) is 9.38. The summed E-state index contributed by atoms with van der Waals surface area (Å²) in [5.41, 5.74) is 3.53. The molecular weight excluding hydrogens is 284 g/mol. The number of carbonyl (C=O) groups is 1. The predicted octanol–water partition coefficient (Wildman–Crippen LogP) is 5.44. The van der Waals surface area contributed by atoms with Crippen LogP contribution >= 0.6 is 0 Å². The van der Waals surface area contributed by atoms with Crippen LogP contribution < -0.4 is 0 Å². The first-order chi connectivity index (χ1) is 10.9. The summed E-state index contributed by atoms with van der Waals surface area (Å²) in [6, 6.07) is 0. The number of rotatable bonds is 3. The number of hydrogen-bond acceptors (Lipinski definition) is 2. The third-order valence-corrected chi connectivity index (χ3v) is 7.53. The van der Waals surface area contributed by atoms with Crippen LogP contribution in [0.4, 0.5) is 0 Å². The van der Waals surface area contributed by atoms with Crippen LogP contribution in [-0.4, -0.2) is 12.6 Å². The topological polar surface area (TPSA) is 26.3 Å². The molecule has 0 spiro atoms. The molecule has 2 saturated carbocycles. The maximum atomic E-state index is 11.2. The molecular formula is C21H32O2. The monoisotopic (exact) mass is 316 g/mol. The molecule has 2 aliphatic carbocycles. The number of fused-ring (bicyclic) bond motifs is 1. The molecule has 0 aromatic rings. The molecule has 2 fully saturated rings. The number of cyclic esters (lactones) is 1. The van der Waals surface area contributed by atoms with E-state index in [-0.39, 0.29) is 5.97 Å². The highest BCUT2D eigenvalue weighted by molar-refractivity contribution is 5.72. The first kappa shape index (κ1) is 16.8. The Kier molecular flexibility index (Phi) is 4.46. The van der Waals surface area contributed by atoms with Crippen LogP contribution in [0.2, 0.25) is 0 Å². The fourth-order valence-electron chi connectivity index (χ4n) is 5.51. The van der Waals surface area contributed by atoms with Gasteiger partial charge in [-0.3, -0.25) is 4.79 Å². The van der Waals surface area contributed by atoms with Crippen LogP contribution in [0.15, 0.2) is 23.8 Å². The van der Waals surface area contributed by atoms with E-state index in [2.05, 4.69) is 33.4 Å². The van der Waals surface area contributed by atoms with Crippen molar-refractivity contribution in [2.24, 2.45) is 22.7 Å². The molecule has 23 heavy (non-hydrogen) atoms. The van der Waals surface area contributed by atoms with Crippen molar-refractivity contribution in [1.29, 1.82) is 0 Å². The molecule has 3 aliphatic rings. The summed E-state index contributed by atoms with van der Waals surface area (Å²) in [6.07, 6.45) is 11.4. The van der Waals surface area contributed by atoms with Crippen molar-refractivity contribution < 1.29 is 9.53 Å². The number of ether oxygens (including phenoxy) is 1. The molecule has 2 nitrogen and oxygen atoms in total. The van der Waals surface area contributed by atoms with Gasteiger partial charge in [0.2, 0.25) is 0 Å². The van der Waals surface area contributed by atoms with Gasteiger partial charge in [0, 0.05) is 0 Å². The van der Waals surface area contributed by atoms with Crippen molar-refractivity contribution in [3.63, 3.8) is 0 Å². The summed E-state index contributed by atoms with van der Waals surface area (Å²) in [6.45, 7) is 12.4. The highest BCUT2D eigenvalue weighted by atomic mass is 16.5. The number of carbonyl (C=O) groups excluding carboxylic acids is 1. The molecule has 3 rings (SSSR count). The zero-order chi connectivity index (χ0) is 16.7. The van der Waals surface area contributed by atoms with Crippen LogP contribution in [-0.2, 0) is 9.53 Å². The molecule has 1 heterocycles. The van der Waals surface area contributed by atoms with Crippen molar-refractivity contribution in [3.8, 4) is 0 Å². The van der Waals surface area contributed by atoms with E-state index in [1.165, 1.54) is 49.7 Å². The molecule has 0 radical (unpaired) electrons. The van der Waals surface area contributed by atoms with E-state index >= 15 is 0 Å².